The Hall–Kier alpha value is -1.61. The van der Waals surface area contributed by atoms with E-state index in [1.165, 1.54) is 23.7 Å². The molecule has 1 spiro atoms. The van der Waals surface area contributed by atoms with E-state index in [-0.39, 0.29) is 11.5 Å². The van der Waals surface area contributed by atoms with Crippen LogP contribution in [0.4, 0.5) is 0 Å². The highest BCUT2D eigenvalue weighted by Gasteiger charge is 2.78. The van der Waals surface area contributed by atoms with Crippen molar-refractivity contribution in [3.63, 3.8) is 0 Å². The lowest BCUT2D eigenvalue weighted by molar-refractivity contribution is -0.136. The number of nitrogens with zero attached hydrogens (tertiary/aromatic N) is 1. The number of ether oxygens (including phenoxy) is 1. The van der Waals surface area contributed by atoms with Gasteiger partial charge in [0.15, 0.2) is 0 Å². The van der Waals surface area contributed by atoms with Crippen LogP contribution in [0.1, 0.15) is 48.8 Å². The van der Waals surface area contributed by atoms with Crippen LogP contribution in [0.15, 0.2) is 24.3 Å². The zero-order valence-corrected chi connectivity index (χ0v) is 15.4. The lowest BCUT2D eigenvalue weighted by atomic mass is 9.70. The lowest BCUT2D eigenvalue weighted by Crippen LogP contribution is -2.43. The molecule has 3 heteroatoms. The van der Waals surface area contributed by atoms with Crippen LogP contribution >= 0.6 is 0 Å². The van der Waals surface area contributed by atoms with Gasteiger partial charge in [-0.25, -0.2) is 0 Å². The second-order valence-corrected chi connectivity index (χ2v) is 9.57. The van der Waals surface area contributed by atoms with Crippen LogP contribution in [0.25, 0.3) is 10.9 Å². The first kappa shape index (κ1) is 14.4. The van der Waals surface area contributed by atoms with Gasteiger partial charge in [-0.3, -0.25) is 4.79 Å². The number of benzene rings is 1. The Labute approximate surface area is 153 Å². The molecule has 4 saturated carbocycles. The summed E-state index contributed by atoms with van der Waals surface area (Å²) in [5.74, 6) is 4.18. The monoisotopic (exact) mass is 347 g/mol. The third-order valence-electron chi connectivity index (χ3n) is 9.32. The summed E-state index contributed by atoms with van der Waals surface area (Å²) in [5.41, 5.74) is 4.44. The Kier molecular flexibility index (Phi) is 2.37. The van der Waals surface area contributed by atoms with Crippen molar-refractivity contribution in [1.82, 2.24) is 4.57 Å². The summed E-state index contributed by atoms with van der Waals surface area (Å²) < 4.78 is 8.46. The summed E-state index contributed by atoms with van der Waals surface area (Å²) in [6, 6.07) is 8.95. The van der Waals surface area contributed by atoms with E-state index >= 15 is 0 Å². The number of rotatable bonds is 1. The standard InChI is InChI=1S/C23H25NO2/c1-24-15-6-4-3-5-12(15)18-13-9-11-10-16(25)23-14(7-8-17(23)26-2)20(22(18)24)19(13)21(11)23/h3-6,11,13-14,17,19-21H,7-10H2,1-2H3/t11?,13?,14?,17-,19?,20?,21?,23?/m0/s1. The Balaban J connectivity index is 1.54. The summed E-state index contributed by atoms with van der Waals surface area (Å²) in [4.78, 5) is 13.4. The van der Waals surface area contributed by atoms with Gasteiger partial charge in [-0.15, -0.1) is 0 Å². The highest BCUT2D eigenvalue weighted by atomic mass is 16.5. The van der Waals surface area contributed by atoms with Crippen molar-refractivity contribution in [3.8, 4) is 0 Å². The van der Waals surface area contributed by atoms with Crippen molar-refractivity contribution >= 4 is 16.7 Å². The van der Waals surface area contributed by atoms with E-state index in [4.69, 9.17) is 4.74 Å². The molecule has 0 bridgehead atoms. The van der Waals surface area contributed by atoms with E-state index in [2.05, 4.69) is 35.9 Å². The topological polar surface area (TPSA) is 31.2 Å². The van der Waals surface area contributed by atoms with E-state index in [0.29, 0.717) is 41.3 Å². The van der Waals surface area contributed by atoms with Crippen molar-refractivity contribution in [2.75, 3.05) is 7.11 Å². The first-order chi connectivity index (χ1) is 12.7. The van der Waals surface area contributed by atoms with Gasteiger partial charge in [-0.05, 0) is 60.5 Å². The van der Waals surface area contributed by atoms with Crippen LogP contribution in [0.2, 0.25) is 0 Å². The van der Waals surface area contributed by atoms with Gasteiger partial charge in [0, 0.05) is 43.1 Å². The molecule has 4 fully saturated rings. The number of aromatic nitrogens is 1. The van der Waals surface area contributed by atoms with E-state index in [9.17, 15) is 4.79 Å². The Morgan fingerprint density at radius 1 is 1.23 bits per heavy atom. The van der Waals surface area contributed by atoms with Crippen molar-refractivity contribution in [3.05, 3.63) is 35.5 Å². The number of methoxy groups -OCH3 is 1. The number of aryl methyl sites for hydroxylation is 1. The molecule has 0 amide bonds. The first-order valence-corrected chi connectivity index (χ1v) is 10.3. The molecule has 7 unspecified atom stereocenters. The Morgan fingerprint density at radius 2 is 2.08 bits per heavy atom. The fourth-order valence-electron chi connectivity index (χ4n) is 9.06. The lowest BCUT2D eigenvalue weighted by Gasteiger charge is -2.35. The predicted molar refractivity (Wildman–Crippen MR) is 99.1 cm³/mol. The average molecular weight is 347 g/mol. The van der Waals surface area contributed by atoms with Crippen molar-refractivity contribution in [1.29, 1.82) is 0 Å². The van der Waals surface area contributed by atoms with Crippen LogP contribution in [0, 0.1) is 29.1 Å². The molecule has 0 radical (unpaired) electrons. The van der Waals surface area contributed by atoms with Gasteiger partial charge in [-0.2, -0.15) is 0 Å². The van der Waals surface area contributed by atoms with Gasteiger partial charge in [0.1, 0.15) is 5.78 Å². The van der Waals surface area contributed by atoms with Crippen molar-refractivity contribution in [2.45, 2.75) is 43.6 Å². The first-order valence-electron chi connectivity index (χ1n) is 10.3. The minimum atomic E-state index is -0.155. The third kappa shape index (κ3) is 1.20. The minimum absolute atomic E-state index is 0.155. The molecule has 8 atom stereocenters. The molecule has 0 aliphatic heterocycles. The number of fused-ring (bicyclic) bond motifs is 6. The van der Waals surface area contributed by atoms with E-state index < -0.39 is 0 Å². The molecule has 0 saturated heterocycles. The fraction of sp³-hybridized carbons (Fsp3) is 0.609. The molecule has 134 valence electrons. The maximum absolute atomic E-state index is 13.4. The van der Waals surface area contributed by atoms with Gasteiger partial charge in [-0.1, -0.05) is 18.2 Å². The Bertz CT molecular complexity index is 989. The highest BCUT2D eigenvalue weighted by molar-refractivity contribution is 5.93. The minimum Gasteiger partial charge on any atom is -0.380 e. The maximum atomic E-state index is 13.4. The molecule has 5 aliphatic rings. The second kappa shape index (κ2) is 4.27. The SMILES string of the molecule is CO[C@H]1CCC2C3c4c(c5ccccc5n4C)C4CC5CC(=O)C21C5C43. The largest absolute Gasteiger partial charge is 0.380 e. The zero-order valence-electron chi connectivity index (χ0n) is 15.4. The van der Waals surface area contributed by atoms with Crippen LogP contribution in [-0.2, 0) is 16.6 Å². The van der Waals surface area contributed by atoms with Gasteiger partial charge >= 0.3 is 0 Å². The van der Waals surface area contributed by atoms with E-state index in [0.717, 1.165) is 12.8 Å². The van der Waals surface area contributed by atoms with Gasteiger partial charge < -0.3 is 9.30 Å². The number of carbonyl (C=O) groups excluding carboxylic acids is 1. The molecular weight excluding hydrogens is 322 g/mol. The van der Waals surface area contributed by atoms with Crippen LogP contribution in [-0.4, -0.2) is 23.6 Å². The molecule has 26 heavy (non-hydrogen) atoms. The van der Waals surface area contributed by atoms with Crippen molar-refractivity contribution < 1.29 is 9.53 Å². The van der Waals surface area contributed by atoms with E-state index in [1.54, 1.807) is 11.3 Å². The highest BCUT2D eigenvalue weighted by Crippen LogP contribution is 2.80. The zero-order chi connectivity index (χ0) is 17.4. The summed E-state index contributed by atoms with van der Waals surface area (Å²) in [5, 5.41) is 1.47. The molecule has 7 rings (SSSR count). The van der Waals surface area contributed by atoms with Gasteiger partial charge in [0.2, 0.25) is 0 Å². The summed E-state index contributed by atoms with van der Waals surface area (Å²) >= 11 is 0. The molecule has 1 heterocycles. The smallest absolute Gasteiger partial charge is 0.142 e. The van der Waals surface area contributed by atoms with Crippen molar-refractivity contribution in [2.24, 2.45) is 36.1 Å². The van der Waals surface area contributed by atoms with E-state index in [1.807, 2.05) is 7.11 Å². The number of Topliss-reactive ketones (excluding diaryl/α,β-unsaturated/α-hetero) is 1. The summed E-state index contributed by atoms with van der Waals surface area (Å²) in [6.07, 6.45) is 4.45. The molecule has 1 aromatic heterocycles. The summed E-state index contributed by atoms with van der Waals surface area (Å²) in [6.45, 7) is 0. The van der Waals surface area contributed by atoms with Gasteiger partial charge in [0.05, 0.1) is 11.5 Å². The summed E-state index contributed by atoms with van der Waals surface area (Å²) in [7, 11) is 4.09. The quantitative estimate of drug-likeness (QED) is 0.780. The fourth-order valence-corrected chi connectivity index (χ4v) is 9.06. The number of hydrogen-bond donors (Lipinski definition) is 0. The number of para-hydroxylation sites is 1. The van der Waals surface area contributed by atoms with Crippen LogP contribution in [0.3, 0.4) is 0 Å². The molecule has 1 aromatic carbocycles. The average Bonchev–Trinajstić information content (AvgIpc) is 3.40. The molecule has 2 aromatic rings. The van der Waals surface area contributed by atoms with Gasteiger partial charge in [0.25, 0.3) is 0 Å². The molecule has 3 nitrogen and oxygen atoms in total. The molecule has 0 N–H and O–H groups in total. The molecular formula is C23H25NO2. The number of hydrogen-bond acceptors (Lipinski definition) is 2. The normalized spacial score (nSPS) is 47.0. The number of ketones is 1. The molecule has 5 aliphatic carbocycles. The third-order valence-corrected chi connectivity index (χ3v) is 9.32. The number of carbonyl (C=O) groups is 1. The Morgan fingerprint density at radius 3 is 2.92 bits per heavy atom. The second-order valence-electron chi connectivity index (χ2n) is 9.57. The van der Waals surface area contributed by atoms with Crippen LogP contribution in [0.5, 0.6) is 0 Å². The maximum Gasteiger partial charge on any atom is 0.142 e. The predicted octanol–water partition coefficient (Wildman–Crippen LogP) is 4.01. The van der Waals surface area contributed by atoms with Crippen LogP contribution < -0.4 is 0 Å².